The number of alkyl carbamates (subject to hydrolysis) is 1. The topological polar surface area (TPSA) is 51.5 Å². The molecule has 0 radical (unpaired) electrons. The molecule has 1 aromatic rings. The smallest absolute Gasteiger partial charge is 0.422 e. The molecule has 4 nitrogen and oxygen atoms in total. The standard InChI is InChI=1S/C9H10F3NO3/c1-6-2-3-7(16-6)4-13-8(14)15-5-9(10,11)12/h2-3H,4-5H2,1H3,(H,13,14). The second kappa shape index (κ2) is 4.91. The average Bonchev–Trinajstić information content (AvgIpc) is 2.57. The van der Waals surface area contributed by atoms with Crippen LogP contribution in [0.15, 0.2) is 16.5 Å². The van der Waals surface area contributed by atoms with Crippen molar-refractivity contribution in [1.29, 1.82) is 0 Å². The Labute approximate surface area is 89.4 Å². The van der Waals surface area contributed by atoms with Gasteiger partial charge in [0.1, 0.15) is 11.5 Å². The highest BCUT2D eigenvalue weighted by molar-refractivity contribution is 5.67. The molecule has 0 spiro atoms. The molecule has 0 atom stereocenters. The van der Waals surface area contributed by atoms with E-state index in [0.29, 0.717) is 11.5 Å². The van der Waals surface area contributed by atoms with Gasteiger partial charge in [-0.1, -0.05) is 0 Å². The number of rotatable bonds is 3. The van der Waals surface area contributed by atoms with E-state index in [9.17, 15) is 18.0 Å². The van der Waals surface area contributed by atoms with Crippen molar-refractivity contribution < 1.29 is 27.1 Å². The minimum atomic E-state index is -4.52. The largest absolute Gasteiger partial charge is 0.465 e. The fraction of sp³-hybridized carbons (Fsp3) is 0.444. The SMILES string of the molecule is Cc1ccc(CNC(=O)OCC(F)(F)F)o1. The number of hydrogen-bond donors (Lipinski definition) is 1. The van der Waals surface area contributed by atoms with E-state index in [4.69, 9.17) is 4.42 Å². The first-order valence-corrected chi connectivity index (χ1v) is 4.39. The van der Waals surface area contributed by atoms with Crippen molar-refractivity contribution in [2.24, 2.45) is 0 Å². The normalized spacial score (nSPS) is 11.2. The average molecular weight is 237 g/mol. The van der Waals surface area contributed by atoms with Crippen molar-refractivity contribution in [3.63, 3.8) is 0 Å². The predicted octanol–water partition coefficient (Wildman–Crippen LogP) is 2.38. The van der Waals surface area contributed by atoms with E-state index in [0.717, 1.165) is 0 Å². The fourth-order valence-electron chi connectivity index (χ4n) is 0.938. The summed E-state index contributed by atoms with van der Waals surface area (Å²) >= 11 is 0. The lowest BCUT2D eigenvalue weighted by Crippen LogP contribution is -2.28. The molecular formula is C9H10F3NO3. The molecular weight excluding hydrogens is 227 g/mol. The molecule has 1 N–H and O–H groups in total. The molecule has 1 heterocycles. The van der Waals surface area contributed by atoms with Gasteiger partial charge in [0.2, 0.25) is 0 Å². The van der Waals surface area contributed by atoms with Gasteiger partial charge < -0.3 is 14.5 Å². The van der Waals surface area contributed by atoms with Gasteiger partial charge in [-0.05, 0) is 19.1 Å². The highest BCUT2D eigenvalue weighted by Crippen LogP contribution is 2.14. The van der Waals surface area contributed by atoms with Crippen LogP contribution in [0, 0.1) is 6.92 Å². The van der Waals surface area contributed by atoms with E-state index in [2.05, 4.69) is 10.1 Å². The number of furan rings is 1. The summed E-state index contributed by atoms with van der Waals surface area (Å²) in [6.07, 6.45) is -5.65. The molecule has 16 heavy (non-hydrogen) atoms. The minimum Gasteiger partial charge on any atom is -0.465 e. The van der Waals surface area contributed by atoms with Gasteiger partial charge in [0.25, 0.3) is 0 Å². The summed E-state index contributed by atoms with van der Waals surface area (Å²) in [5, 5.41) is 2.13. The van der Waals surface area contributed by atoms with Gasteiger partial charge >= 0.3 is 12.3 Å². The zero-order valence-electron chi connectivity index (χ0n) is 8.43. The molecule has 0 saturated heterocycles. The van der Waals surface area contributed by atoms with Crippen LogP contribution < -0.4 is 5.32 Å². The maximum absolute atomic E-state index is 11.7. The van der Waals surface area contributed by atoms with Crippen LogP contribution in [0.5, 0.6) is 0 Å². The lowest BCUT2D eigenvalue weighted by molar-refractivity contribution is -0.160. The minimum absolute atomic E-state index is 0.00939. The number of hydrogen-bond acceptors (Lipinski definition) is 3. The first-order valence-electron chi connectivity index (χ1n) is 4.39. The van der Waals surface area contributed by atoms with E-state index in [-0.39, 0.29) is 6.54 Å². The summed E-state index contributed by atoms with van der Waals surface area (Å²) in [5.41, 5.74) is 0. The van der Waals surface area contributed by atoms with Gasteiger partial charge in [0.15, 0.2) is 6.61 Å². The zero-order valence-corrected chi connectivity index (χ0v) is 8.43. The maximum Gasteiger partial charge on any atom is 0.422 e. The summed E-state index contributed by atoms with van der Waals surface area (Å²) in [6.45, 7) is 0.103. The van der Waals surface area contributed by atoms with Gasteiger partial charge in [-0.3, -0.25) is 0 Å². The van der Waals surface area contributed by atoms with Crippen LogP contribution >= 0.6 is 0 Å². The molecule has 1 amide bonds. The number of ether oxygens (including phenoxy) is 1. The first kappa shape index (κ1) is 12.4. The number of carbonyl (C=O) groups is 1. The summed E-state index contributed by atoms with van der Waals surface area (Å²) in [4.78, 5) is 10.8. The highest BCUT2D eigenvalue weighted by Gasteiger charge is 2.29. The Balaban J connectivity index is 2.25. The van der Waals surface area contributed by atoms with E-state index in [1.165, 1.54) is 0 Å². The number of nitrogens with one attached hydrogen (secondary N) is 1. The van der Waals surface area contributed by atoms with Gasteiger partial charge in [-0.2, -0.15) is 13.2 Å². The van der Waals surface area contributed by atoms with Crippen molar-refractivity contribution in [3.8, 4) is 0 Å². The van der Waals surface area contributed by atoms with Gasteiger partial charge in [0.05, 0.1) is 6.54 Å². The summed E-state index contributed by atoms with van der Waals surface area (Å²) < 4.78 is 44.0. The fourth-order valence-corrected chi connectivity index (χ4v) is 0.938. The molecule has 0 bridgehead atoms. The molecule has 0 unspecified atom stereocenters. The summed E-state index contributed by atoms with van der Waals surface area (Å²) in [7, 11) is 0. The highest BCUT2D eigenvalue weighted by atomic mass is 19.4. The van der Waals surface area contributed by atoms with Crippen molar-refractivity contribution in [3.05, 3.63) is 23.7 Å². The Morgan fingerprint density at radius 1 is 1.50 bits per heavy atom. The quantitative estimate of drug-likeness (QED) is 0.878. The number of amides is 1. The number of halogens is 3. The molecule has 1 rings (SSSR count). The first-order chi connectivity index (χ1) is 7.37. The Kier molecular flexibility index (Phi) is 3.81. The van der Waals surface area contributed by atoms with Gasteiger partial charge in [0, 0.05) is 0 Å². The Morgan fingerprint density at radius 2 is 2.19 bits per heavy atom. The second-order valence-corrected chi connectivity index (χ2v) is 3.06. The Hall–Kier alpha value is -1.66. The van der Waals surface area contributed by atoms with Crippen LogP contribution in [0.3, 0.4) is 0 Å². The monoisotopic (exact) mass is 237 g/mol. The third-order valence-electron chi connectivity index (χ3n) is 1.57. The third kappa shape index (κ3) is 4.72. The second-order valence-electron chi connectivity index (χ2n) is 3.06. The van der Waals surface area contributed by atoms with Crippen molar-refractivity contribution in [2.45, 2.75) is 19.6 Å². The van der Waals surface area contributed by atoms with Crippen molar-refractivity contribution in [2.75, 3.05) is 6.61 Å². The van der Waals surface area contributed by atoms with Gasteiger partial charge in [-0.15, -0.1) is 0 Å². The molecule has 90 valence electrons. The molecule has 0 fully saturated rings. The number of carbonyl (C=O) groups excluding carboxylic acids is 1. The maximum atomic E-state index is 11.7. The Morgan fingerprint density at radius 3 is 2.69 bits per heavy atom. The zero-order chi connectivity index (χ0) is 12.2. The molecule has 0 aliphatic heterocycles. The van der Waals surface area contributed by atoms with Crippen LogP contribution in [0.1, 0.15) is 11.5 Å². The lowest BCUT2D eigenvalue weighted by Gasteiger charge is -2.08. The van der Waals surface area contributed by atoms with Crippen LogP contribution in [-0.2, 0) is 11.3 Å². The lowest BCUT2D eigenvalue weighted by atomic mass is 10.4. The van der Waals surface area contributed by atoms with Crippen molar-refractivity contribution >= 4 is 6.09 Å². The summed E-state index contributed by atoms with van der Waals surface area (Å²) in [5.74, 6) is 1.10. The van der Waals surface area contributed by atoms with Gasteiger partial charge in [-0.25, -0.2) is 4.79 Å². The number of alkyl halides is 3. The van der Waals surface area contributed by atoms with Crippen LogP contribution in [0.2, 0.25) is 0 Å². The molecule has 0 aliphatic rings. The van der Waals surface area contributed by atoms with Crippen LogP contribution in [0.4, 0.5) is 18.0 Å². The van der Waals surface area contributed by atoms with Crippen LogP contribution in [-0.4, -0.2) is 18.9 Å². The van der Waals surface area contributed by atoms with E-state index in [1.54, 1.807) is 19.1 Å². The molecule has 0 aromatic carbocycles. The molecule has 0 aliphatic carbocycles. The molecule has 1 aromatic heterocycles. The van der Waals surface area contributed by atoms with Crippen LogP contribution in [0.25, 0.3) is 0 Å². The Bertz CT molecular complexity index is 359. The van der Waals surface area contributed by atoms with E-state index < -0.39 is 18.9 Å². The van der Waals surface area contributed by atoms with Crippen molar-refractivity contribution in [1.82, 2.24) is 5.32 Å². The number of aryl methyl sites for hydroxylation is 1. The molecule has 0 saturated carbocycles. The molecule has 7 heteroatoms. The van der Waals surface area contributed by atoms with E-state index in [1.807, 2.05) is 0 Å². The third-order valence-corrected chi connectivity index (χ3v) is 1.57. The summed E-state index contributed by atoms with van der Waals surface area (Å²) in [6, 6.07) is 3.29. The predicted molar refractivity (Wildman–Crippen MR) is 47.7 cm³/mol. The van der Waals surface area contributed by atoms with E-state index >= 15 is 0 Å².